The predicted molar refractivity (Wildman–Crippen MR) is 114 cm³/mol. The van der Waals surface area contributed by atoms with Crippen molar-refractivity contribution in [3.05, 3.63) is 12.7 Å². The number of rotatable bonds is 14. The van der Waals surface area contributed by atoms with E-state index in [9.17, 15) is 34.8 Å². The number of aliphatic hydroxyl groups excluding tert-OH is 4. The van der Waals surface area contributed by atoms with Gasteiger partial charge in [0.2, 0.25) is 11.8 Å². The van der Waals surface area contributed by atoms with Crippen molar-refractivity contribution >= 4 is 29.5 Å². The number of hydrogen-bond donors (Lipinski definition) is 7. The predicted octanol–water partition coefficient (Wildman–Crippen LogP) is -2.42. The van der Waals surface area contributed by atoms with Crippen molar-refractivity contribution < 1.29 is 49.4 Å². The Balaban J connectivity index is 2.74. The van der Waals surface area contributed by atoms with Crippen LogP contribution in [-0.2, 0) is 23.9 Å². The number of carboxylic acids is 1. The van der Waals surface area contributed by atoms with E-state index in [0.717, 1.165) is 6.92 Å². The quantitative estimate of drug-likeness (QED) is 0.103. The summed E-state index contributed by atoms with van der Waals surface area (Å²) in [5, 5.41) is 54.5. The lowest BCUT2D eigenvalue weighted by Gasteiger charge is -2.46. The molecular formula is C19H32N2O10S. The summed E-state index contributed by atoms with van der Waals surface area (Å²) in [6, 6.07) is -1.24. The molecule has 0 spiro atoms. The number of carboxylic acid groups (broad SMARTS) is 1. The molecule has 0 aromatic heterocycles. The van der Waals surface area contributed by atoms with Gasteiger partial charge in [-0.1, -0.05) is 6.58 Å². The lowest BCUT2D eigenvalue weighted by atomic mass is 9.88. The maximum absolute atomic E-state index is 12.0. The van der Waals surface area contributed by atoms with E-state index < -0.39 is 61.1 Å². The Morgan fingerprint density at radius 1 is 1.34 bits per heavy atom. The van der Waals surface area contributed by atoms with Crippen LogP contribution in [0.25, 0.3) is 0 Å². The first-order chi connectivity index (χ1) is 15.1. The Bertz CT molecular complexity index is 652. The second kappa shape index (κ2) is 13.7. The van der Waals surface area contributed by atoms with Crippen LogP contribution in [-0.4, -0.2) is 111 Å². The minimum atomic E-state index is -2.32. The van der Waals surface area contributed by atoms with Crippen LogP contribution in [0.5, 0.6) is 0 Å². The first-order valence-corrected chi connectivity index (χ1v) is 11.2. The minimum Gasteiger partial charge on any atom is -0.477 e. The topological polar surface area (TPSA) is 195 Å². The third-order valence-electron chi connectivity index (χ3n) is 4.69. The zero-order valence-corrected chi connectivity index (χ0v) is 18.6. The van der Waals surface area contributed by atoms with Gasteiger partial charge in [-0.15, -0.1) is 0 Å². The molecule has 1 aliphatic rings. The van der Waals surface area contributed by atoms with Crippen molar-refractivity contribution in [2.24, 2.45) is 0 Å². The van der Waals surface area contributed by atoms with Gasteiger partial charge in [0.15, 0.2) is 0 Å². The van der Waals surface area contributed by atoms with Gasteiger partial charge < -0.3 is 45.6 Å². The third-order valence-corrected chi connectivity index (χ3v) is 5.76. The number of amides is 2. The maximum atomic E-state index is 12.0. The standard InChI is InChI=1S/C19H32N2O10S/c1-3-14(26)20-5-8-32-7-4-6-30-19(18(28)29)9-12(24)15(21-11(2)23)17(31-19)16(27)13(25)10-22/h3,12-13,15-17,22,24-25,27H,1,4-10H2,2H3,(H,20,26)(H,21,23)(H,28,29). The maximum Gasteiger partial charge on any atom is 0.364 e. The molecule has 2 amide bonds. The summed E-state index contributed by atoms with van der Waals surface area (Å²) >= 11 is 1.50. The number of ether oxygens (including phenoxy) is 2. The zero-order valence-electron chi connectivity index (χ0n) is 17.8. The van der Waals surface area contributed by atoms with E-state index in [1.807, 2.05) is 0 Å². The van der Waals surface area contributed by atoms with Crippen molar-refractivity contribution in [1.82, 2.24) is 10.6 Å². The van der Waals surface area contributed by atoms with Crippen LogP contribution in [0, 0.1) is 0 Å². The van der Waals surface area contributed by atoms with E-state index in [1.165, 1.54) is 17.8 Å². The Labute approximate surface area is 190 Å². The van der Waals surface area contributed by atoms with Gasteiger partial charge in [0.05, 0.1) is 25.4 Å². The molecule has 1 fully saturated rings. The van der Waals surface area contributed by atoms with Gasteiger partial charge in [0.25, 0.3) is 5.79 Å². The van der Waals surface area contributed by atoms with E-state index in [4.69, 9.17) is 14.6 Å². The lowest BCUT2D eigenvalue weighted by molar-refractivity contribution is -0.311. The molecule has 1 aliphatic heterocycles. The zero-order chi connectivity index (χ0) is 24.3. The second-order valence-electron chi connectivity index (χ2n) is 7.19. The van der Waals surface area contributed by atoms with Crippen LogP contribution in [0.1, 0.15) is 19.8 Å². The van der Waals surface area contributed by atoms with E-state index in [0.29, 0.717) is 24.5 Å². The van der Waals surface area contributed by atoms with Gasteiger partial charge >= 0.3 is 5.97 Å². The number of nitrogens with one attached hydrogen (secondary N) is 2. The second-order valence-corrected chi connectivity index (χ2v) is 8.41. The molecule has 12 nitrogen and oxygen atoms in total. The van der Waals surface area contributed by atoms with Gasteiger partial charge in [-0.25, -0.2) is 4.79 Å². The molecule has 184 valence electrons. The van der Waals surface area contributed by atoms with Crippen molar-refractivity contribution in [2.45, 2.75) is 56.0 Å². The summed E-state index contributed by atoms with van der Waals surface area (Å²) in [7, 11) is 0. The first-order valence-electron chi connectivity index (χ1n) is 10.0. The van der Waals surface area contributed by atoms with Crippen molar-refractivity contribution in [2.75, 3.05) is 31.3 Å². The molecule has 6 atom stereocenters. The van der Waals surface area contributed by atoms with Gasteiger partial charge in [-0.05, 0) is 18.2 Å². The van der Waals surface area contributed by atoms with E-state index in [-0.39, 0.29) is 12.5 Å². The Kier molecular flexibility index (Phi) is 12.1. The fourth-order valence-corrected chi connectivity index (χ4v) is 3.87. The summed E-state index contributed by atoms with van der Waals surface area (Å²) in [4.78, 5) is 34.5. The molecule has 6 unspecified atom stereocenters. The van der Waals surface area contributed by atoms with Crippen LogP contribution >= 0.6 is 11.8 Å². The van der Waals surface area contributed by atoms with Gasteiger partial charge in [-0.2, -0.15) is 11.8 Å². The smallest absolute Gasteiger partial charge is 0.364 e. The molecule has 0 aromatic rings. The fourth-order valence-electron chi connectivity index (χ4n) is 3.10. The molecule has 0 aliphatic carbocycles. The molecular weight excluding hydrogens is 448 g/mol. The highest BCUT2D eigenvalue weighted by Crippen LogP contribution is 2.33. The molecule has 7 N–H and O–H groups in total. The van der Waals surface area contributed by atoms with Crippen LogP contribution in [0.2, 0.25) is 0 Å². The summed E-state index contributed by atoms with van der Waals surface area (Å²) in [5.41, 5.74) is 0. The normalized spacial score (nSPS) is 27.2. The molecule has 0 saturated carbocycles. The number of aliphatic carboxylic acids is 1. The highest BCUT2D eigenvalue weighted by Gasteiger charge is 2.55. The summed E-state index contributed by atoms with van der Waals surface area (Å²) in [6.45, 7) is 4.05. The summed E-state index contributed by atoms with van der Waals surface area (Å²) in [5.74, 6) is -3.49. The largest absolute Gasteiger partial charge is 0.477 e. The van der Waals surface area contributed by atoms with Gasteiger partial charge in [0.1, 0.15) is 18.3 Å². The first kappa shape index (κ1) is 28.3. The molecule has 1 heterocycles. The van der Waals surface area contributed by atoms with Crippen molar-refractivity contribution in [3.8, 4) is 0 Å². The number of aliphatic hydroxyl groups is 4. The monoisotopic (exact) mass is 480 g/mol. The van der Waals surface area contributed by atoms with Crippen LogP contribution in [0.3, 0.4) is 0 Å². The minimum absolute atomic E-state index is 0.0544. The molecule has 0 radical (unpaired) electrons. The molecule has 13 heteroatoms. The molecule has 1 saturated heterocycles. The number of hydrogen-bond acceptors (Lipinski definition) is 10. The molecule has 0 bridgehead atoms. The van der Waals surface area contributed by atoms with E-state index >= 15 is 0 Å². The Morgan fingerprint density at radius 3 is 2.59 bits per heavy atom. The summed E-state index contributed by atoms with van der Waals surface area (Å²) < 4.78 is 11.0. The average molecular weight is 481 g/mol. The van der Waals surface area contributed by atoms with Crippen molar-refractivity contribution in [1.29, 1.82) is 0 Å². The summed E-state index contributed by atoms with van der Waals surface area (Å²) in [6.07, 6.45) is -5.49. The van der Waals surface area contributed by atoms with Gasteiger partial charge in [-0.3, -0.25) is 9.59 Å². The third kappa shape index (κ3) is 8.31. The average Bonchev–Trinajstić information content (AvgIpc) is 2.75. The molecule has 1 rings (SSSR count). The number of carbonyl (C=O) groups is 3. The Morgan fingerprint density at radius 2 is 2.03 bits per heavy atom. The SMILES string of the molecule is C=CC(=O)NCCSCCCOC1(C(=O)O)CC(O)C(NC(C)=O)C(C(O)C(O)CO)O1. The Hall–Kier alpha value is -1.74. The van der Waals surface area contributed by atoms with Crippen LogP contribution in [0.15, 0.2) is 12.7 Å². The van der Waals surface area contributed by atoms with Gasteiger partial charge in [0, 0.05) is 25.6 Å². The molecule has 32 heavy (non-hydrogen) atoms. The number of carbonyl (C=O) groups excluding carboxylic acids is 2. The van der Waals surface area contributed by atoms with Crippen molar-refractivity contribution in [3.63, 3.8) is 0 Å². The van der Waals surface area contributed by atoms with E-state index in [2.05, 4.69) is 17.2 Å². The number of thioether (sulfide) groups is 1. The fraction of sp³-hybridized carbons (Fsp3) is 0.737. The van der Waals surface area contributed by atoms with E-state index in [1.54, 1.807) is 0 Å². The van der Waals surface area contributed by atoms with Crippen LogP contribution in [0.4, 0.5) is 0 Å². The van der Waals surface area contributed by atoms with Crippen LogP contribution < -0.4 is 10.6 Å². The lowest BCUT2D eigenvalue weighted by Crippen LogP contribution is -2.67. The molecule has 0 aromatic carbocycles. The highest BCUT2D eigenvalue weighted by molar-refractivity contribution is 7.99. The highest BCUT2D eigenvalue weighted by atomic mass is 32.2.